The van der Waals surface area contributed by atoms with Crippen molar-refractivity contribution in [2.75, 3.05) is 0 Å². The van der Waals surface area contributed by atoms with E-state index in [1.54, 1.807) is 0 Å². The molecule has 0 aromatic heterocycles. The van der Waals surface area contributed by atoms with Crippen LogP contribution in [0.15, 0.2) is 22.7 Å². The number of alkyl halides is 3. The van der Waals surface area contributed by atoms with Gasteiger partial charge in [-0.1, -0.05) is 6.07 Å². The highest BCUT2D eigenvalue weighted by molar-refractivity contribution is 9.10. The van der Waals surface area contributed by atoms with E-state index in [2.05, 4.69) is 20.1 Å². The average Bonchev–Trinajstić information content (AvgIpc) is 2.18. The molecule has 0 atom stereocenters. The minimum absolute atomic E-state index is 0.497. The Kier molecular flexibility index (Phi) is 3.86. The summed E-state index contributed by atoms with van der Waals surface area (Å²) in [7, 11) is -5.87. The van der Waals surface area contributed by atoms with Crippen LogP contribution in [0.5, 0.6) is 5.75 Å². The molecule has 18 heavy (non-hydrogen) atoms. The standard InChI is InChI=1S/C7H3BrF3NO5S/c8-6-4(12(13)14)2-1-3-5(6)17-18(15,16)7(9,10)11/h1-3H. The summed E-state index contributed by atoms with van der Waals surface area (Å²) in [5.74, 6) is -0.818. The molecule has 0 aliphatic carbocycles. The first-order chi connectivity index (χ1) is 8.06. The highest BCUT2D eigenvalue weighted by Crippen LogP contribution is 2.36. The summed E-state index contributed by atoms with van der Waals surface area (Å²) in [6, 6.07) is 2.81. The Morgan fingerprint density at radius 3 is 2.33 bits per heavy atom. The van der Waals surface area contributed by atoms with E-state index < -0.39 is 36.5 Å². The maximum absolute atomic E-state index is 12.0. The van der Waals surface area contributed by atoms with E-state index >= 15 is 0 Å². The Bertz CT molecular complexity index is 585. The fraction of sp³-hybridized carbons (Fsp3) is 0.143. The molecule has 0 N–H and O–H groups in total. The number of nitro benzene ring substituents is 1. The van der Waals surface area contributed by atoms with Crippen molar-refractivity contribution in [3.05, 3.63) is 32.8 Å². The lowest BCUT2D eigenvalue weighted by Crippen LogP contribution is -2.28. The molecule has 0 bridgehead atoms. The minimum atomic E-state index is -5.87. The summed E-state index contributed by atoms with van der Waals surface area (Å²) < 4.78 is 60.9. The number of hydrogen-bond donors (Lipinski definition) is 0. The van der Waals surface area contributed by atoms with E-state index in [-0.39, 0.29) is 0 Å². The first-order valence-corrected chi connectivity index (χ1v) is 6.20. The van der Waals surface area contributed by atoms with Gasteiger partial charge in [-0.3, -0.25) is 10.1 Å². The summed E-state index contributed by atoms with van der Waals surface area (Å²) in [6.07, 6.45) is 0. The van der Waals surface area contributed by atoms with Gasteiger partial charge in [0.1, 0.15) is 4.47 Å². The van der Waals surface area contributed by atoms with Gasteiger partial charge in [-0.2, -0.15) is 21.6 Å². The van der Waals surface area contributed by atoms with Crippen LogP contribution >= 0.6 is 15.9 Å². The zero-order chi connectivity index (χ0) is 14.1. The monoisotopic (exact) mass is 349 g/mol. The molecule has 1 rings (SSSR count). The van der Waals surface area contributed by atoms with Crippen molar-refractivity contribution < 1.29 is 30.7 Å². The van der Waals surface area contributed by atoms with Crippen molar-refractivity contribution in [3.63, 3.8) is 0 Å². The lowest BCUT2D eigenvalue weighted by molar-refractivity contribution is -0.385. The quantitative estimate of drug-likeness (QED) is 0.362. The predicted molar refractivity (Wildman–Crippen MR) is 56.4 cm³/mol. The van der Waals surface area contributed by atoms with Gasteiger partial charge in [0.05, 0.1) is 4.92 Å². The Labute approximate surface area is 107 Å². The van der Waals surface area contributed by atoms with E-state index in [4.69, 9.17) is 0 Å². The van der Waals surface area contributed by atoms with Gasteiger partial charge in [-0.15, -0.1) is 0 Å². The normalized spacial score (nSPS) is 12.2. The molecular weight excluding hydrogens is 347 g/mol. The summed E-state index contributed by atoms with van der Waals surface area (Å²) in [4.78, 5) is 9.58. The SMILES string of the molecule is O=[N+]([O-])c1cccc(OS(=O)(=O)C(F)(F)F)c1Br. The van der Waals surface area contributed by atoms with Crippen LogP contribution in [0.3, 0.4) is 0 Å². The van der Waals surface area contributed by atoms with E-state index in [0.717, 1.165) is 18.2 Å². The molecule has 0 saturated heterocycles. The zero-order valence-electron chi connectivity index (χ0n) is 8.14. The second kappa shape index (κ2) is 4.72. The van der Waals surface area contributed by atoms with Crippen LogP contribution in [0.1, 0.15) is 0 Å². The Morgan fingerprint density at radius 2 is 1.89 bits per heavy atom. The number of nitro groups is 1. The second-order valence-electron chi connectivity index (χ2n) is 2.83. The van der Waals surface area contributed by atoms with Gasteiger partial charge < -0.3 is 4.18 Å². The van der Waals surface area contributed by atoms with Crippen molar-refractivity contribution in [3.8, 4) is 5.75 Å². The third-order valence-corrected chi connectivity index (χ3v) is 3.39. The fourth-order valence-electron chi connectivity index (χ4n) is 0.870. The molecule has 6 nitrogen and oxygen atoms in total. The Morgan fingerprint density at radius 1 is 1.33 bits per heavy atom. The second-order valence-corrected chi connectivity index (χ2v) is 5.16. The van der Waals surface area contributed by atoms with Crippen LogP contribution in [-0.2, 0) is 10.1 Å². The van der Waals surface area contributed by atoms with Crippen molar-refractivity contribution in [2.24, 2.45) is 0 Å². The number of halogens is 4. The van der Waals surface area contributed by atoms with Gasteiger partial charge >= 0.3 is 15.6 Å². The van der Waals surface area contributed by atoms with Crippen LogP contribution in [0.25, 0.3) is 0 Å². The van der Waals surface area contributed by atoms with Crippen molar-refractivity contribution >= 4 is 31.7 Å². The maximum Gasteiger partial charge on any atom is 0.534 e. The number of nitrogens with zero attached hydrogens (tertiary/aromatic N) is 1. The van der Waals surface area contributed by atoms with Gasteiger partial charge in [0.2, 0.25) is 0 Å². The Hall–Kier alpha value is -1.36. The minimum Gasteiger partial charge on any atom is -0.375 e. The lowest BCUT2D eigenvalue weighted by Gasteiger charge is -2.10. The molecule has 100 valence electrons. The van der Waals surface area contributed by atoms with Gasteiger partial charge in [0.25, 0.3) is 5.69 Å². The summed E-state index contributed by atoms with van der Waals surface area (Å²) >= 11 is 2.60. The third kappa shape index (κ3) is 2.90. The average molecular weight is 350 g/mol. The first kappa shape index (κ1) is 14.7. The smallest absolute Gasteiger partial charge is 0.375 e. The van der Waals surface area contributed by atoms with Crippen LogP contribution in [-0.4, -0.2) is 18.8 Å². The van der Waals surface area contributed by atoms with Crippen molar-refractivity contribution in [2.45, 2.75) is 5.51 Å². The zero-order valence-corrected chi connectivity index (χ0v) is 10.5. The molecule has 11 heteroatoms. The van der Waals surface area contributed by atoms with E-state index in [9.17, 15) is 31.7 Å². The van der Waals surface area contributed by atoms with Crippen LogP contribution in [0, 0.1) is 10.1 Å². The number of hydrogen-bond acceptors (Lipinski definition) is 5. The number of rotatable bonds is 3. The molecular formula is C7H3BrF3NO5S. The van der Waals surface area contributed by atoms with Gasteiger partial charge in [0, 0.05) is 6.07 Å². The maximum atomic E-state index is 12.0. The van der Waals surface area contributed by atoms with Crippen LogP contribution < -0.4 is 4.18 Å². The largest absolute Gasteiger partial charge is 0.534 e. The Balaban J connectivity index is 3.23. The predicted octanol–water partition coefficient (Wildman–Crippen LogP) is 2.59. The molecule has 1 aromatic rings. The molecule has 0 amide bonds. The molecule has 0 heterocycles. The first-order valence-electron chi connectivity index (χ1n) is 4.00. The summed E-state index contributed by atoms with van der Waals surface area (Å²) in [5.41, 5.74) is -6.23. The van der Waals surface area contributed by atoms with Crippen molar-refractivity contribution in [1.29, 1.82) is 0 Å². The summed E-state index contributed by atoms with van der Waals surface area (Å²) in [6.45, 7) is 0. The molecule has 0 radical (unpaired) electrons. The summed E-state index contributed by atoms with van der Waals surface area (Å²) in [5, 5.41) is 10.5. The molecule has 1 aromatic carbocycles. The molecule has 0 unspecified atom stereocenters. The third-order valence-electron chi connectivity index (χ3n) is 1.62. The molecule has 0 fully saturated rings. The lowest BCUT2D eigenvalue weighted by atomic mass is 10.3. The van der Waals surface area contributed by atoms with E-state index in [1.165, 1.54) is 0 Å². The topological polar surface area (TPSA) is 86.5 Å². The molecule has 0 spiro atoms. The van der Waals surface area contributed by atoms with Crippen LogP contribution in [0.4, 0.5) is 18.9 Å². The van der Waals surface area contributed by atoms with E-state index in [0.29, 0.717) is 0 Å². The van der Waals surface area contributed by atoms with Gasteiger partial charge in [-0.05, 0) is 22.0 Å². The number of benzene rings is 1. The van der Waals surface area contributed by atoms with Gasteiger partial charge in [-0.25, -0.2) is 0 Å². The van der Waals surface area contributed by atoms with E-state index in [1.807, 2.05) is 0 Å². The van der Waals surface area contributed by atoms with Crippen molar-refractivity contribution in [1.82, 2.24) is 0 Å². The highest BCUT2D eigenvalue weighted by atomic mass is 79.9. The molecule has 0 aliphatic heterocycles. The molecule has 0 aliphatic rings. The van der Waals surface area contributed by atoms with Gasteiger partial charge in [0.15, 0.2) is 5.75 Å². The fourth-order valence-corrected chi connectivity index (χ4v) is 1.94. The van der Waals surface area contributed by atoms with Crippen LogP contribution in [0.2, 0.25) is 0 Å². The molecule has 0 saturated carbocycles. The highest BCUT2D eigenvalue weighted by Gasteiger charge is 2.49.